The van der Waals surface area contributed by atoms with E-state index in [1.54, 1.807) is 42.7 Å². The van der Waals surface area contributed by atoms with E-state index in [0.717, 1.165) is 0 Å². The van der Waals surface area contributed by atoms with E-state index in [1.807, 2.05) is 0 Å². The van der Waals surface area contributed by atoms with Gasteiger partial charge in [-0.25, -0.2) is 0 Å². The van der Waals surface area contributed by atoms with Crippen LogP contribution in [-0.2, 0) is 15.6 Å². The molecule has 1 N–H and O–H groups in total. The number of hydrogen-bond acceptors (Lipinski definition) is 3. The van der Waals surface area contributed by atoms with Crippen molar-refractivity contribution in [2.75, 3.05) is 25.2 Å². The fraction of sp³-hybridized carbons (Fsp3) is 0.176. The molecule has 2 aromatic rings. The molecule has 1 atom stereocenters. The van der Waals surface area contributed by atoms with Crippen LogP contribution in [0, 0.1) is 0 Å². The summed E-state index contributed by atoms with van der Waals surface area (Å²) in [5.74, 6) is -0.668. The van der Waals surface area contributed by atoms with Gasteiger partial charge in [0.2, 0.25) is 5.91 Å². The zero-order chi connectivity index (χ0) is 18.6. The summed E-state index contributed by atoms with van der Waals surface area (Å²) < 4.78 is 11.4. The molecule has 0 aliphatic heterocycles. The number of nitrogens with one attached hydrogen (secondary N) is 1. The first-order chi connectivity index (χ1) is 11.8. The zero-order valence-corrected chi connectivity index (χ0v) is 15.9. The highest BCUT2D eigenvalue weighted by Crippen LogP contribution is 2.24. The topological polar surface area (TPSA) is 66.5 Å². The molecule has 0 saturated carbocycles. The molecule has 1 unspecified atom stereocenters. The van der Waals surface area contributed by atoms with Gasteiger partial charge in [0.15, 0.2) is 0 Å². The average molecular weight is 399 g/mol. The van der Waals surface area contributed by atoms with Gasteiger partial charge in [-0.2, -0.15) is 0 Å². The van der Waals surface area contributed by atoms with Crippen LogP contribution in [0.15, 0.2) is 47.4 Å². The quantitative estimate of drug-likeness (QED) is 0.838. The van der Waals surface area contributed by atoms with Crippen LogP contribution in [0.25, 0.3) is 0 Å². The summed E-state index contributed by atoms with van der Waals surface area (Å²) in [6, 6.07) is 11.2. The molecule has 0 aromatic heterocycles. The van der Waals surface area contributed by atoms with Crippen molar-refractivity contribution in [3.63, 3.8) is 0 Å². The minimum atomic E-state index is -1.11. The second-order valence-electron chi connectivity index (χ2n) is 5.32. The van der Waals surface area contributed by atoms with Crippen LogP contribution < -0.4 is 5.32 Å². The largest absolute Gasteiger partial charge is 0.332 e. The number of rotatable bonds is 5. The monoisotopic (exact) mass is 398 g/mol. The normalized spacial score (nSPS) is 11.7. The summed E-state index contributed by atoms with van der Waals surface area (Å²) in [6.45, 7) is -0.124. The van der Waals surface area contributed by atoms with Crippen LogP contribution >= 0.6 is 23.2 Å². The number of benzene rings is 2. The molecule has 0 fully saturated rings. The third-order valence-corrected chi connectivity index (χ3v) is 5.04. The molecule has 5 nitrogen and oxygen atoms in total. The fourth-order valence-electron chi connectivity index (χ4n) is 2.07. The Balaban J connectivity index is 1.98. The summed E-state index contributed by atoms with van der Waals surface area (Å²) in [5.41, 5.74) is 0.911. The minimum Gasteiger partial charge on any atom is -0.332 e. The Bertz CT molecular complexity index is 825. The van der Waals surface area contributed by atoms with Gasteiger partial charge < -0.3 is 10.2 Å². The van der Waals surface area contributed by atoms with Crippen molar-refractivity contribution < 1.29 is 13.8 Å². The number of amides is 2. The average Bonchev–Trinajstić information content (AvgIpc) is 2.57. The first-order valence-corrected chi connectivity index (χ1v) is 9.53. The van der Waals surface area contributed by atoms with E-state index in [2.05, 4.69) is 5.32 Å². The molecule has 8 heteroatoms. The highest BCUT2D eigenvalue weighted by Gasteiger charge is 2.15. The van der Waals surface area contributed by atoms with Gasteiger partial charge in [-0.1, -0.05) is 23.2 Å². The molecule has 132 valence electrons. The van der Waals surface area contributed by atoms with E-state index < -0.39 is 10.8 Å². The van der Waals surface area contributed by atoms with Gasteiger partial charge in [0.05, 0.1) is 16.6 Å². The number of halogens is 2. The van der Waals surface area contributed by atoms with Gasteiger partial charge in [0.1, 0.15) is 0 Å². The SMILES string of the molecule is CN(CC(=O)Nc1ccc(Cl)c(Cl)c1)C(=O)c1ccc(S(C)=O)cc1. The molecule has 0 radical (unpaired) electrons. The Labute approximate surface area is 158 Å². The molecule has 2 rings (SSSR count). The predicted octanol–water partition coefficient (Wildman–Crippen LogP) is 3.44. The Morgan fingerprint density at radius 2 is 1.72 bits per heavy atom. The minimum absolute atomic E-state index is 0.124. The molecule has 0 saturated heterocycles. The second kappa shape index (κ2) is 8.47. The maximum absolute atomic E-state index is 12.3. The van der Waals surface area contributed by atoms with Crippen molar-refractivity contribution in [1.82, 2.24) is 4.90 Å². The maximum Gasteiger partial charge on any atom is 0.254 e. The standard InChI is InChI=1S/C17H16Cl2N2O3S/c1-21(17(23)11-3-6-13(7-4-11)25(2)24)10-16(22)20-12-5-8-14(18)15(19)9-12/h3-9H,10H2,1-2H3,(H,20,22). The number of likely N-dealkylation sites (N-methyl/N-ethyl adjacent to an activating group) is 1. The van der Waals surface area contributed by atoms with Crippen molar-refractivity contribution in [3.8, 4) is 0 Å². The summed E-state index contributed by atoms with van der Waals surface area (Å²) in [6.07, 6.45) is 1.57. The van der Waals surface area contributed by atoms with Crippen molar-refractivity contribution in [2.24, 2.45) is 0 Å². The third-order valence-electron chi connectivity index (χ3n) is 3.36. The van der Waals surface area contributed by atoms with E-state index in [0.29, 0.717) is 26.2 Å². The van der Waals surface area contributed by atoms with E-state index >= 15 is 0 Å². The van der Waals surface area contributed by atoms with Crippen molar-refractivity contribution in [2.45, 2.75) is 4.90 Å². The Kier molecular flexibility index (Phi) is 6.58. The highest BCUT2D eigenvalue weighted by molar-refractivity contribution is 7.84. The molecule has 2 amide bonds. The molecule has 0 heterocycles. The summed E-state index contributed by atoms with van der Waals surface area (Å²) in [7, 11) is 0.425. The van der Waals surface area contributed by atoms with Crippen LogP contribution in [0.2, 0.25) is 10.0 Å². The van der Waals surface area contributed by atoms with E-state index in [1.165, 1.54) is 18.0 Å². The van der Waals surface area contributed by atoms with E-state index in [4.69, 9.17) is 23.2 Å². The Hall–Kier alpha value is -1.89. The number of hydrogen-bond donors (Lipinski definition) is 1. The predicted molar refractivity (Wildman–Crippen MR) is 101 cm³/mol. The van der Waals surface area contributed by atoms with Gasteiger partial charge in [0.25, 0.3) is 5.91 Å². The summed E-state index contributed by atoms with van der Waals surface area (Å²) in [4.78, 5) is 26.4. The number of nitrogens with zero attached hydrogens (tertiary/aromatic N) is 1. The second-order valence-corrected chi connectivity index (χ2v) is 7.51. The smallest absolute Gasteiger partial charge is 0.254 e. The molecular formula is C17H16Cl2N2O3S. The van der Waals surface area contributed by atoms with E-state index in [-0.39, 0.29) is 18.4 Å². The van der Waals surface area contributed by atoms with Crippen molar-refractivity contribution in [1.29, 1.82) is 0 Å². The first kappa shape index (κ1) is 19.4. The third kappa shape index (κ3) is 5.29. The molecule has 0 aliphatic carbocycles. The van der Waals surface area contributed by atoms with Gasteiger partial charge in [-0.3, -0.25) is 13.8 Å². The summed E-state index contributed by atoms with van der Waals surface area (Å²) >= 11 is 11.7. The molecule has 2 aromatic carbocycles. The van der Waals surface area contributed by atoms with Gasteiger partial charge >= 0.3 is 0 Å². The highest BCUT2D eigenvalue weighted by atomic mass is 35.5. The van der Waals surface area contributed by atoms with E-state index in [9.17, 15) is 13.8 Å². The summed E-state index contributed by atoms with van der Waals surface area (Å²) in [5, 5.41) is 3.38. The Morgan fingerprint density at radius 3 is 2.28 bits per heavy atom. The molecule has 0 bridgehead atoms. The lowest BCUT2D eigenvalue weighted by Gasteiger charge is -2.17. The van der Waals surface area contributed by atoms with Crippen LogP contribution in [0.1, 0.15) is 10.4 Å². The molecular weight excluding hydrogens is 383 g/mol. The van der Waals surface area contributed by atoms with Crippen LogP contribution in [0.4, 0.5) is 5.69 Å². The van der Waals surface area contributed by atoms with Gasteiger partial charge in [0, 0.05) is 40.2 Å². The number of carbonyl (C=O) groups excluding carboxylic acids is 2. The molecule has 25 heavy (non-hydrogen) atoms. The van der Waals surface area contributed by atoms with Crippen molar-refractivity contribution in [3.05, 3.63) is 58.1 Å². The number of anilines is 1. The molecule has 0 aliphatic rings. The van der Waals surface area contributed by atoms with Gasteiger partial charge in [-0.05, 0) is 42.5 Å². The fourth-order valence-corrected chi connectivity index (χ4v) is 2.89. The molecule has 0 spiro atoms. The van der Waals surface area contributed by atoms with Gasteiger partial charge in [-0.15, -0.1) is 0 Å². The maximum atomic E-state index is 12.3. The van der Waals surface area contributed by atoms with Crippen LogP contribution in [-0.4, -0.2) is 40.8 Å². The zero-order valence-electron chi connectivity index (χ0n) is 13.6. The lowest BCUT2D eigenvalue weighted by atomic mass is 10.2. The van der Waals surface area contributed by atoms with Crippen molar-refractivity contribution >= 4 is 51.5 Å². The van der Waals surface area contributed by atoms with Crippen LogP contribution in [0.3, 0.4) is 0 Å². The number of carbonyl (C=O) groups is 2. The lowest BCUT2D eigenvalue weighted by Crippen LogP contribution is -2.34. The van der Waals surface area contributed by atoms with Crippen LogP contribution in [0.5, 0.6) is 0 Å². The Morgan fingerprint density at radius 1 is 1.08 bits per heavy atom. The first-order valence-electron chi connectivity index (χ1n) is 7.22. The lowest BCUT2D eigenvalue weighted by molar-refractivity contribution is -0.116.